The predicted octanol–water partition coefficient (Wildman–Crippen LogP) is 6.23. The molecule has 0 bridgehead atoms. The Morgan fingerprint density at radius 3 is 2.55 bits per heavy atom. The van der Waals surface area contributed by atoms with Crippen molar-refractivity contribution < 1.29 is 19.0 Å². The third-order valence-corrected chi connectivity index (χ3v) is 7.92. The summed E-state index contributed by atoms with van der Waals surface area (Å²) in [6.45, 7) is 2.73. The molecule has 198 valence electrons. The zero-order valence-electron chi connectivity index (χ0n) is 21.7. The molecular formula is C29H32N4O4S. The van der Waals surface area contributed by atoms with Crippen molar-refractivity contribution in [2.75, 3.05) is 20.3 Å². The number of amidine groups is 2. The summed E-state index contributed by atoms with van der Waals surface area (Å²) in [5.74, 6) is 2.17. The van der Waals surface area contributed by atoms with Gasteiger partial charge in [-0.2, -0.15) is 15.1 Å². The van der Waals surface area contributed by atoms with E-state index in [2.05, 4.69) is 22.2 Å². The molecule has 0 atom stereocenters. The Labute approximate surface area is 227 Å². The first-order valence-corrected chi connectivity index (χ1v) is 13.9. The number of hydrogen-bond donors (Lipinski definition) is 1. The summed E-state index contributed by atoms with van der Waals surface area (Å²) in [6.07, 6.45) is 8.92. The van der Waals surface area contributed by atoms with Crippen molar-refractivity contribution in [2.45, 2.75) is 51.4 Å². The SMILES string of the molecule is CCC1=NN2C(=N)/C(=C/c3ccc(OCCOc4ccc(C5CCCCC5)cc4)c(OC)c3)C(=O)N=C2S1. The maximum atomic E-state index is 12.6. The number of thioether (sulfide) groups is 1. The van der Waals surface area contributed by atoms with Crippen molar-refractivity contribution >= 4 is 39.8 Å². The fourth-order valence-electron chi connectivity index (χ4n) is 4.82. The van der Waals surface area contributed by atoms with Gasteiger partial charge in [0.25, 0.3) is 5.91 Å². The lowest BCUT2D eigenvalue weighted by Gasteiger charge is -2.22. The number of hydrazone groups is 1. The molecular weight excluding hydrogens is 500 g/mol. The Hall–Kier alpha value is -3.59. The van der Waals surface area contributed by atoms with E-state index in [4.69, 9.17) is 19.6 Å². The van der Waals surface area contributed by atoms with Gasteiger partial charge in [-0.1, -0.05) is 44.4 Å². The van der Waals surface area contributed by atoms with Crippen molar-refractivity contribution in [3.8, 4) is 17.2 Å². The molecule has 8 nitrogen and oxygen atoms in total. The summed E-state index contributed by atoms with van der Waals surface area (Å²) >= 11 is 1.32. The Morgan fingerprint density at radius 1 is 1.05 bits per heavy atom. The van der Waals surface area contributed by atoms with E-state index in [9.17, 15) is 4.79 Å². The van der Waals surface area contributed by atoms with Crippen LogP contribution in [0.3, 0.4) is 0 Å². The molecule has 1 saturated carbocycles. The van der Waals surface area contributed by atoms with E-state index in [0.29, 0.717) is 41.4 Å². The molecule has 5 rings (SSSR count). The average Bonchev–Trinajstić information content (AvgIpc) is 3.38. The van der Waals surface area contributed by atoms with Gasteiger partial charge in [-0.25, -0.2) is 0 Å². The number of methoxy groups -OCH3 is 1. The Balaban J connectivity index is 1.18. The van der Waals surface area contributed by atoms with Crippen LogP contribution in [0.15, 0.2) is 58.1 Å². The third-order valence-electron chi connectivity index (χ3n) is 6.86. The van der Waals surface area contributed by atoms with Gasteiger partial charge in [0.15, 0.2) is 17.3 Å². The van der Waals surface area contributed by atoms with Gasteiger partial charge < -0.3 is 14.2 Å². The molecule has 1 aliphatic carbocycles. The number of aliphatic imine (C=N–C) groups is 1. The zero-order chi connectivity index (χ0) is 26.5. The molecule has 9 heteroatoms. The maximum Gasteiger partial charge on any atom is 0.283 e. The quantitative estimate of drug-likeness (QED) is 0.304. The van der Waals surface area contributed by atoms with Gasteiger partial charge >= 0.3 is 0 Å². The van der Waals surface area contributed by atoms with Crippen LogP contribution in [0, 0.1) is 5.41 Å². The van der Waals surface area contributed by atoms with Crippen LogP contribution in [0.4, 0.5) is 0 Å². The molecule has 0 unspecified atom stereocenters. The molecule has 0 spiro atoms. The Bertz CT molecular complexity index is 1300. The fraction of sp³-hybridized carbons (Fsp3) is 0.379. The van der Waals surface area contributed by atoms with Crippen LogP contribution >= 0.6 is 11.8 Å². The molecule has 1 amide bonds. The molecule has 3 aliphatic rings. The van der Waals surface area contributed by atoms with E-state index in [1.54, 1.807) is 25.3 Å². The number of nitrogens with one attached hydrogen (secondary N) is 1. The van der Waals surface area contributed by atoms with E-state index in [1.165, 1.54) is 54.4 Å². The standard InChI is InChI=1S/C29H32N4O4S/c1-3-26-32-33-27(30)23(28(34)31-29(33)38-26)17-19-9-14-24(25(18-19)35-2)37-16-15-36-22-12-10-21(11-13-22)20-7-5-4-6-8-20/h9-14,17-18,20,30H,3-8,15-16H2,1-2H3/b23-17-,30-27?. The fourth-order valence-corrected chi connectivity index (χ4v) is 5.64. The highest BCUT2D eigenvalue weighted by Crippen LogP contribution is 2.34. The number of carbonyl (C=O) groups excluding carboxylic acids is 1. The first-order valence-electron chi connectivity index (χ1n) is 13.1. The van der Waals surface area contributed by atoms with Crippen LogP contribution < -0.4 is 14.2 Å². The van der Waals surface area contributed by atoms with Crippen LogP contribution in [-0.4, -0.2) is 47.3 Å². The molecule has 0 radical (unpaired) electrons. The highest BCUT2D eigenvalue weighted by atomic mass is 32.2. The van der Waals surface area contributed by atoms with Crippen LogP contribution in [0.2, 0.25) is 0 Å². The first-order chi connectivity index (χ1) is 18.6. The number of benzene rings is 2. The number of ether oxygens (including phenoxy) is 3. The molecule has 2 aromatic carbocycles. The largest absolute Gasteiger partial charge is 0.493 e. The number of nitrogens with zero attached hydrogens (tertiary/aromatic N) is 3. The van der Waals surface area contributed by atoms with Crippen molar-refractivity contribution in [1.29, 1.82) is 5.41 Å². The minimum Gasteiger partial charge on any atom is -0.493 e. The highest BCUT2D eigenvalue weighted by molar-refractivity contribution is 8.26. The van der Waals surface area contributed by atoms with Gasteiger partial charge in [0, 0.05) is 0 Å². The molecule has 2 aromatic rings. The number of rotatable bonds is 9. The molecule has 2 aliphatic heterocycles. The summed E-state index contributed by atoms with van der Waals surface area (Å²) < 4.78 is 17.3. The highest BCUT2D eigenvalue weighted by Gasteiger charge is 2.35. The van der Waals surface area contributed by atoms with E-state index >= 15 is 0 Å². The van der Waals surface area contributed by atoms with Gasteiger partial charge in [-0.3, -0.25) is 10.2 Å². The van der Waals surface area contributed by atoms with E-state index in [-0.39, 0.29) is 11.4 Å². The number of hydrogen-bond acceptors (Lipinski definition) is 7. The van der Waals surface area contributed by atoms with Crippen molar-refractivity contribution in [2.24, 2.45) is 10.1 Å². The molecule has 2 heterocycles. The topological polar surface area (TPSA) is 96.6 Å². The monoisotopic (exact) mass is 532 g/mol. The lowest BCUT2D eigenvalue weighted by molar-refractivity contribution is -0.114. The molecule has 0 saturated heterocycles. The number of amides is 1. The Kier molecular flexibility index (Phi) is 8.12. The predicted molar refractivity (Wildman–Crippen MR) is 152 cm³/mol. The summed E-state index contributed by atoms with van der Waals surface area (Å²) in [5.41, 5.74) is 2.28. The van der Waals surface area contributed by atoms with Gasteiger partial charge in [0.2, 0.25) is 5.17 Å². The van der Waals surface area contributed by atoms with Gasteiger partial charge in [0.05, 0.1) is 12.7 Å². The van der Waals surface area contributed by atoms with Crippen molar-refractivity contribution in [1.82, 2.24) is 5.01 Å². The molecule has 1 N–H and O–H groups in total. The number of fused-ring (bicyclic) bond motifs is 1. The first kappa shape index (κ1) is 26.0. The van der Waals surface area contributed by atoms with Crippen molar-refractivity contribution in [3.63, 3.8) is 0 Å². The average molecular weight is 533 g/mol. The molecule has 1 fully saturated rings. The molecule has 0 aromatic heterocycles. The summed E-state index contributed by atoms with van der Waals surface area (Å²) in [4.78, 5) is 16.7. The van der Waals surface area contributed by atoms with Crippen LogP contribution in [0.1, 0.15) is 62.5 Å². The van der Waals surface area contributed by atoms with Crippen LogP contribution in [0.25, 0.3) is 6.08 Å². The second kappa shape index (κ2) is 11.9. The third kappa shape index (κ3) is 5.78. The minimum absolute atomic E-state index is 0.0131. The van der Waals surface area contributed by atoms with Crippen LogP contribution in [0.5, 0.6) is 17.2 Å². The van der Waals surface area contributed by atoms with Crippen LogP contribution in [-0.2, 0) is 4.79 Å². The second-order valence-corrected chi connectivity index (χ2v) is 10.4. The minimum atomic E-state index is -0.454. The van der Waals surface area contributed by atoms with E-state index < -0.39 is 5.91 Å². The zero-order valence-corrected chi connectivity index (χ0v) is 22.6. The second-order valence-electron chi connectivity index (χ2n) is 9.38. The lowest BCUT2D eigenvalue weighted by atomic mass is 9.84. The maximum absolute atomic E-state index is 12.6. The van der Waals surface area contributed by atoms with Gasteiger partial charge in [0.1, 0.15) is 24.0 Å². The summed E-state index contributed by atoms with van der Waals surface area (Å²) in [7, 11) is 1.57. The number of carbonyl (C=O) groups is 1. The summed E-state index contributed by atoms with van der Waals surface area (Å²) in [5, 5.41) is 15.5. The van der Waals surface area contributed by atoms with E-state index in [0.717, 1.165) is 17.2 Å². The molecule has 38 heavy (non-hydrogen) atoms. The Morgan fingerprint density at radius 2 is 1.82 bits per heavy atom. The normalized spacial score (nSPS) is 18.8. The lowest BCUT2D eigenvalue weighted by Crippen LogP contribution is -2.35. The van der Waals surface area contributed by atoms with Crippen molar-refractivity contribution in [3.05, 3.63) is 59.2 Å². The van der Waals surface area contributed by atoms with Gasteiger partial charge in [-0.15, -0.1) is 0 Å². The van der Waals surface area contributed by atoms with Gasteiger partial charge in [-0.05, 0) is 78.4 Å². The summed E-state index contributed by atoms with van der Waals surface area (Å²) in [6, 6.07) is 13.8. The van der Waals surface area contributed by atoms with E-state index in [1.807, 2.05) is 25.1 Å². The smallest absolute Gasteiger partial charge is 0.283 e.